The SMILES string of the molecule is CC(=O)Nc1ccc2c(c1)C(=O)N(C)[C@H]1CC[C@H](CC(=O)Nc3ccc(Cl)cc3)O[C@@H]1CO2. The van der Waals surface area contributed by atoms with E-state index in [9.17, 15) is 14.4 Å². The zero-order valence-electron chi connectivity index (χ0n) is 18.5. The van der Waals surface area contributed by atoms with Crippen molar-refractivity contribution < 1.29 is 23.9 Å². The van der Waals surface area contributed by atoms with Crippen molar-refractivity contribution >= 4 is 40.7 Å². The van der Waals surface area contributed by atoms with Crippen LogP contribution in [-0.4, -0.2) is 54.5 Å². The van der Waals surface area contributed by atoms with E-state index < -0.39 is 0 Å². The molecule has 2 aliphatic heterocycles. The molecule has 0 aromatic heterocycles. The first kappa shape index (κ1) is 23.1. The molecule has 2 aromatic rings. The first-order valence-corrected chi connectivity index (χ1v) is 11.2. The summed E-state index contributed by atoms with van der Waals surface area (Å²) in [6.45, 7) is 1.67. The van der Waals surface area contributed by atoms with Gasteiger partial charge in [0.05, 0.1) is 24.1 Å². The number of benzene rings is 2. The molecule has 0 bridgehead atoms. The van der Waals surface area contributed by atoms with E-state index in [0.29, 0.717) is 40.6 Å². The lowest BCUT2D eigenvalue weighted by molar-refractivity contribution is -0.130. The van der Waals surface area contributed by atoms with Crippen LogP contribution in [0.4, 0.5) is 11.4 Å². The second-order valence-electron chi connectivity index (χ2n) is 8.32. The summed E-state index contributed by atoms with van der Waals surface area (Å²) < 4.78 is 12.1. The molecule has 2 aliphatic rings. The van der Waals surface area contributed by atoms with E-state index in [1.54, 1.807) is 54.4 Å². The molecule has 2 heterocycles. The highest BCUT2D eigenvalue weighted by molar-refractivity contribution is 6.30. The van der Waals surface area contributed by atoms with Crippen molar-refractivity contribution in [3.05, 3.63) is 53.1 Å². The number of rotatable bonds is 4. The van der Waals surface area contributed by atoms with Crippen LogP contribution in [0.1, 0.15) is 36.5 Å². The van der Waals surface area contributed by atoms with Gasteiger partial charge in [-0.25, -0.2) is 0 Å². The number of halogens is 1. The van der Waals surface area contributed by atoms with Crippen molar-refractivity contribution in [2.45, 2.75) is 44.4 Å². The van der Waals surface area contributed by atoms with Crippen molar-refractivity contribution in [2.24, 2.45) is 0 Å². The van der Waals surface area contributed by atoms with Gasteiger partial charge in [-0.3, -0.25) is 14.4 Å². The van der Waals surface area contributed by atoms with Crippen LogP contribution in [0.5, 0.6) is 5.75 Å². The number of fused-ring (bicyclic) bond motifs is 2. The highest BCUT2D eigenvalue weighted by Gasteiger charge is 2.39. The fraction of sp³-hybridized carbons (Fsp3) is 0.375. The highest BCUT2D eigenvalue weighted by Crippen LogP contribution is 2.32. The van der Waals surface area contributed by atoms with Gasteiger partial charge in [-0.2, -0.15) is 0 Å². The molecule has 1 fully saturated rings. The van der Waals surface area contributed by atoms with E-state index in [-0.39, 0.29) is 49.0 Å². The van der Waals surface area contributed by atoms with Crippen LogP contribution in [0.15, 0.2) is 42.5 Å². The zero-order valence-corrected chi connectivity index (χ0v) is 19.2. The summed E-state index contributed by atoms with van der Waals surface area (Å²) in [6.07, 6.45) is 0.915. The third-order valence-electron chi connectivity index (χ3n) is 5.87. The van der Waals surface area contributed by atoms with Gasteiger partial charge in [0.25, 0.3) is 5.91 Å². The lowest BCUT2D eigenvalue weighted by Gasteiger charge is -2.42. The molecule has 2 N–H and O–H groups in total. The number of carbonyl (C=O) groups is 3. The molecule has 2 aromatic carbocycles. The Bertz CT molecular complexity index is 1060. The number of nitrogens with one attached hydrogen (secondary N) is 2. The Kier molecular flexibility index (Phi) is 6.85. The minimum Gasteiger partial charge on any atom is -0.490 e. The number of hydrogen-bond acceptors (Lipinski definition) is 5. The molecule has 33 heavy (non-hydrogen) atoms. The van der Waals surface area contributed by atoms with Gasteiger partial charge in [0.15, 0.2) is 0 Å². The van der Waals surface area contributed by atoms with Crippen molar-refractivity contribution in [1.82, 2.24) is 4.90 Å². The molecule has 9 heteroatoms. The molecule has 3 atom stereocenters. The van der Waals surface area contributed by atoms with Crippen molar-refractivity contribution in [2.75, 3.05) is 24.3 Å². The first-order valence-electron chi connectivity index (χ1n) is 10.8. The third-order valence-corrected chi connectivity index (χ3v) is 6.13. The van der Waals surface area contributed by atoms with Crippen molar-refractivity contribution in [1.29, 1.82) is 0 Å². The molecule has 0 unspecified atom stereocenters. The Labute approximate surface area is 197 Å². The maximum absolute atomic E-state index is 13.2. The van der Waals surface area contributed by atoms with Crippen LogP contribution in [0.25, 0.3) is 0 Å². The van der Waals surface area contributed by atoms with Gasteiger partial charge in [0.1, 0.15) is 18.5 Å². The van der Waals surface area contributed by atoms with E-state index in [0.717, 1.165) is 0 Å². The molecule has 1 saturated heterocycles. The largest absolute Gasteiger partial charge is 0.490 e. The first-order chi connectivity index (χ1) is 15.8. The lowest BCUT2D eigenvalue weighted by Crippen LogP contribution is -2.53. The Morgan fingerprint density at radius 1 is 1.09 bits per heavy atom. The molecule has 8 nitrogen and oxygen atoms in total. The number of amides is 3. The average Bonchev–Trinajstić information content (AvgIpc) is 2.78. The van der Waals surface area contributed by atoms with E-state index in [2.05, 4.69) is 10.6 Å². The highest BCUT2D eigenvalue weighted by atomic mass is 35.5. The van der Waals surface area contributed by atoms with Gasteiger partial charge in [-0.05, 0) is 55.3 Å². The standard InChI is InChI=1S/C24H26ClN3O5/c1-14(29)26-17-7-10-21-19(11-17)24(31)28(2)20-9-8-18(33-22(20)13-32-21)12-23(30)27-16-5-3-15(25)4-6-16/h3-7,10-11,18,20,22H,8-9,12-13H2,1-2H3,(H,26,29)(H,27,30)/t18-,20+,22-/m1/s1. The zero-order chi connectivity index (χ0) is 23.5. The molecule has 174 valence electrons. The van der Waals surface area contributed by atoms with Crippen molar-refractivity contribution in [3.8, 4) is 5.75 Å². The van der Waals surface area contributed by atoms with Crippen LogP contribution in [0.2, 0.25) is 5.02 Å². The minimum absolute atomic E-state index is 0.146. The molecule has 0 aliphatic carbocycles. The smallest absolute Gasteiger partial charge is 0.257 e. The van der Waals surface area contributed by atoms with Crippen LogP contribution >= 0.6 is 11.6 Å². The third kappa shape index (κ3) is 5.46. The predicted octanol–water partition coefficient (Wildman–Crippen LogP) is 3.71. The summed E-state index contributed by atoms with van der Waals surface area (Å²) in [5.74, 6) is -0.123. The van der Waals surface area contributed by atoms with E-state index >= 15 is 0 Å². The summed E-state index contributed by atoms with van der Waals surface area (Å²) in [4.78, 5) is 38.7. The Morgan fingerprint density at radius 3 is 2.55 bits per heavy atom. The average molecular weight is 472 g/mol. The number of nitrogens with zero attached hydrogens (tertiary/aromatic N) is 1. The Hall–Kier alpha value is -3.10. The topological polar surface area (TPSA) is 97.0 Å². The van der Waals surface area contributed by atoms with E-state index in [4.69, 9.17) is 21.1 Å². The minimum atomic E-state index is -0.357. The monoisotopic (exact) mass is 471 g/mol. The number of carbonyl (C=O) groups excluding carboxylic acids is 3. The van der Waals surface area contributed by atoms with Crippen molar-refractivity contribution in [3.63, 3.8) is 0 Å². The molecular weight excluding hydrogens is 446 g/mol. The molecule has 0 spiro atoms. The van der Waals surface area contributed by atoms with Gasteiger partial charge in [0, 0.05) is 30.4 Å². The summed E-state index contributed by atoms with van der Waals surface area (Å²) in [7, 11) is 1.75. The van der Waals surface area contributed by atoms with Gasteiger partial charge in [-0.1, -0.05) is 11.6 Å². The normalized spacial score (nSPS) is 22.2. The summed E-state index contributed by atoms with van der Waals surface area (Å²) in [6, 6.07) is 11.7. The summed E-state index contributed by atoms with van der Waals surface area (Å²) in [5.41, 5.74) is 1.61. The van der Waals surface area contributed by atoms with Crippen LogP contribution in [0.3, 0.4) is 0 Å². The second kappa shape index (κ2) is 9.80. The Morgan fingerprint density at radius 2 is 1.82 bits per heavy atom. The molecule has 0 radical (unpaired) electrons. The van der Waals surface area contributed by atoms with Gasteiger partial charge < -0.3 is 25.0 Å². The maximum atomic E-state index is 13.2. The summed E-state index contributed by atoms with van der Waals surface area (Å²) in [5, 5.41) is 6.15. The fourth-order valence-electron chi connectivity index (χ4n) is 4.26. The van der Waals surface area contributed by atoms with Gasteiger partial charge in [-0.15, -0.1) is 0 Å². The van der Waals surface area contributed by atoms with Gasteiger partial charge in [0.2, 0.25) is 11.8 Å². The Balaban J connectivity index is 1.42. The number of ether oxygens (including phenoxy) is 2. The van der Waals surface area contributed by atoms with Gasteiger partial charge >= 0.3 is 0 Å². The van der Waals surface area contributed by atoms with Crippen LogP contribution < -0.4 is 15.4 Å². The number of anilines is 2. The van der Waals surface area contributed by atoms with E-state index in [1.807, 2.05) is 0 Å². The number of likely N-dealkylation sites (N-methyl/N-ethyl adjacent to an activating group) is 1. The molecule has 3 amide bonds. The van der Waals surface area contributed by atoms with E-state index in [1.165, 1.54) is 6.92 Å². The molecule has 0 saturated carbocycles. The number of hydrogen-bond donors (Lipinski definition) is 2. The fourth-order valence-corrected chi connectivity index (χ4v) is 4.39. The quantitative estimate of drug-likeness (QED) is 0.708. The van der Waals surface area contributed by atoms with Crippen LogP contribution in [-0.2, 0) is 14.3 Å². The summed E-state index contributed by atoms with van der Waals surface area (Å²) >= 11 is 5.89. The molecule has 4 rings (SSSR count). The predicted molar refractivity (Wildman–Crippen MR) is 125 cm³/mol. The molecular formula is C24H26ClN3O5. The second-order valence-corrected chi connectivity index (χ2v) is 8.76. The maximum Gasteiger partial charge on any atom is 0.257 e. The van der Waals surface area contributed by atoms with Crippen LogP contribution in [0, 0.1) is 0 Å². The lowest BCUT2D eigenvalue weighted by atomic mass is 9.94.